The Balaban J connectivity index is 3.83. The van der Waals surface area contributed by atoms with Crippen molar-refractivity contribution >= 4 is 22.8 Å². The molecule has 0 heterocycles. The van der Waals surface area contributed by atoms with Crippen molar-refractivity contribution in [3.63, 3.8) is 0 Å². The fourth-order valence-electron chi connectivity index (χ4n) is 0.112. The average molecular weight is 138 g/mol. The normalized spacial score (nSPS) is 12.8. The van der Waals surface area contributed by atoms with Crippen LogP contribution in [-0.2, 0) is 9.59 Å². The molecular weight excluding hydrogens is 133 g/mol. The lowest BCUT2D eigenvalue weighted by atomic mass is 10.4. The van der Waals surface area contributed by atoms with Crippen molar-refractivity contribution in [3.8, 4) is 0 Å². The molecule has 0 aliphatic heterocycles. The summed E-state index contributed by atoms with van der Waals surface area (Å²) in [6.07, 6.45) is -1.86. The summed E-state index contributed by atoms with van der Waals surface area (Å²) in [5, 5.41) is 7.09. The monoisotopic (exact) mass is 137 g/mol. The summed E-state index contributed by atoms with van der Waals surface area (Å²) >= 11 is 4.63. The first-order chi connectivity index (χ1) is 3.55. The van der Waals surface area contributed by atoms with Gasteiger partial charge in [-0.15, -0.1) is 0 Å². The molecule has 0 saturated carbocycles. The van der Waals surface area contributed by atoms with Gasteiger partial charge in [0.25, 0.3) is 11.1 Å². The molecule has 0 aromatic carbocycles. The second kappa shape index (κ2) is 2.64. The summed E-state index contributed by atoms with van der Waals surface area (Å²) in [6.45, 7) is 0. The predicted molar refractivity (Wildman–Crippen MR) is 26.1 cm³/mol. The fraction of sp³-hybridized carbons (Fsp3) is 0.333. The highest BCUT2D eigenvalue weighted by atomic mass is 35.5. The number of carbonyl (C=O) groups is 2. The van der Waals surface area contributed by atoms with E-state index in [4.69, 9.17) is 5.11 Å². The van der Waals surface area contributed by atoms with E-state index in [-0.39, 0.29) is 0 Å². The smallest absolute Gasteiger partial charge is 0.259 e. The number of amides is 1. The Hall–Kier alpha value is -0.610. The first kappa shape index (κ1) is 7.39. The van der Waals surface area contributed by atoms with Gasteiger partial charge in [0, 0.05) is 0 Å². The van der Waals surface area contributed by atoms with Crippen LogP contribution in [0.3, 0.4) is 0 Å². The van der Waals surface area contributed by atoms with E-state index in [0.29, 0.717) is 0 Å². The van der Waals surface area contributed by atoms with Crippen LogP contribution < -0.4 is 5.73 Å². The number of primary amides is 1. The number of hydrogen-bond donors (Lipinski definition) is 2. The number of nitrogens with two attached hydrogens (primary N) is 1. The van der Waals surface area contributed by atoms with E-state index >= 15 is 0 Å². The summed E-state index contributed by atoms with van der Waals surface area (Å²) in [5.74, 6) is -1.13. The van der Waals surface area contributed by atoms with Gasteiger partial charge < -0.3 is 10.8 Å². The Morgan fingerprint density at radius 3 is 2.00 bits per heavy atom. The number of aliphatic hydroxyl groups excluding tert-OH is 1. The zero-order valence-corrected chi connectivity index (χ0v) is 4.55. The number of halogens is 1. The van der Waals surface area contributed by atoms with E-state index in [9.17, 15) is 9.59 Å². The lowest BCUT2D eigenvalue weighted by Crippen LogP contribution is -2.32. The van der Waals surface area contributed by atoms with Gasteiger partial charge in [-0.25, -0.2) is 0 Å². The van der Waals surface area contributed by atoms with Crippen LogP contribution in [0.4, 0.5) is 0 Å². The Bertz CT molecular complexity index is 110. The van der Waals surface area contributed by atoms with E-state index in [0.717, 1.165) is 0 Å². The topological polar surface area (TPSA) is 80.4 Å². The van der Waals surface area contributed by atoms with Crippen LogP contribution in [0.25, 0.3) is 0 Å². The molecule has 0 aliphatic carbocycles. The molecule has 4 nitrogen and oxygen atoms in total. The summed E-state index contributed by atoms with van der Waals surface area (Å²) in [6, 6.07) is 0. The average Bonchev–Trinajstić information content (AvgIpc) is 1.64. The molecule has 3 N–H and O–H groups in total. The third-order valence-electron chi connectivity index (χ3n) is 0.484. The summed E-state index contributed by atoms with van der Waals surface area (Å²) < 4.78 is 0. The van der Waals surface area contributed by atoms with Gasteiger partial charge >= 0.3 is 0 Å². The SMILES string of the molecule is NC(=O)C(O)C(=O)Cl. The Labute approximate surface area is 50.2 Å². The maximum absolute atomic E-state index is 9.81. The number of rotatable bonds is 2. The molecule has 46 valence electrons. The van der Waals surface area contributed by atoms with Gasteiger partial charge in [-0.1, -0.05) is 0 Å². The third-order valence-corrected chi connectivity index (χ3v) is 0.691. The van der Waals surface area contributed by atoms with Crippen LogP contribution in [0.15, 0.2) is 0 Å². The first-order valence-electron chi connectivity index (χ1n) is 1.72. The largest absolute Gasteiger partial charge is 0.375 e. The minimum absolute atomic E-state index is 1.13. The molecule has 1 unspecified atom stereocenters. The van der Waals surface area contributed by atoms with Gasteiger partial charge in [0.15, 0.2) is 0 Å². The van der Waals surface area contributed by atoms with Gasteiger partial charge in [-0.2, -0.15) is 0 Å². The molecule has 0 radical (unpaired) electrons. The minimum Gasteiger partial charge on any atom is -0.375 e. The quantitative estimate of drug-likeness (QED) is 0.363. The van der Waals surface area contributed by atoms with Crippen LogP contribution in [0.5, 0.6) is 0 Å². The van der Waals surface area contributed by atoms with Crippen LogP contribution >= 0.6 is 11.6 Å². The van der Waals surface area contributed by atoms with Crippen LogP contribution in [0.1, 0.15) is 0 Å². The summed E-state index contributed by atoms with van der Waals surface area (Å²) in [5.41, 5.74) is 4.44. The molecule has 0 aromatic rings. The van der Waals surface area contributed by atoms with E-state index in [1.165, 1.54) is 0 Å². The first-order valence-corrected chi connectivity index (χ1v) is 2.10. The van der Waals surface area contributed by atoms with Gasteiger partial charge in [0.05, 0.1) is 0 Å². The lowest BCUT2D eigenvalue weighted by molar-refractivity contribution is -0.133. The molecule has 0 spiro atoms. The highest BCUT2D eigenvalue weighted by Crippen LogP contribution is 1.87. The van der Waals surface area contributed by atoms with Gasteiger partial charge in [0.2, 0.25) is 6.10 Å². The highest BCUT2D eigenvalue weighted by Gasteiger charge is 2.17. The van der Waals surface area contributed by atoms with Crippen molar-refractivity contribution in [2.45, 2.75) is 6.10 Å². The van der Waals surface area contributed by atoms with Crippen molar-refractivity contribution < 1.29 is 14.7 Å². The number of hydrogen-bond acceptors (Lipinski definition) is 3. The van der Waals surface area contributed by atoms with Gasteiger partial charge in [-0.05, 0) is 11.6 Å². The lowest BCUT2D eigenvalue weighted by Gasteiger charge is -1.94. The second-order valence-corrected chi connectivity index (χ2v) is 1.48. The van der Waals surface area contributed by atoms with E-state index in [1.54, 1.807) is 0 Å². The molecule has 0 aliphatic rings. The standard InChI is InChI=1S/C3H4ClNO3/c4-2(7)1(6)3(5)8/h1,6H,(H2,5,8). The maximum atomic E-state index is 9.81. The van der Waals surface area contributed by atoms with Gasteiger partial charge in [0.1, 0.15) is 0 Å². The van der Waals surface area contributed by atoms with E-state index in [2.05, 4.69) is 17.3 Å². The molecule has 0 saturated heterocycles. The Morgan fingerprint density at radius 1 is 1.62 bits per heavy atom. The second-order valence-electron chi connectivity index (χ2n) is 1.11. The van der Waals surface area contributed by atoms with Crippen molar-refractivity contribution in [1.29, 1.82) is 0 Å². The van der Waals surface area contributed by atoms with E-state index in [1.807, 2.05) is 0 Å². The molecule has 0 rings (SSSR count). The summed E-state index contributed by atoms with van der Waals surface area (Å²) in [4.78, 5) is 19.6. The number of aliphatic hydroxyl groups is 1. The molecule has 0 fully saturated rings. The van der Waals surface area contributed by atoms with Crippen LogP contribution in [0.2, 0.25) is 0 Å². The zero-order chi connectivity index (χ0) is 6.73. The predicted octanol–water partition coefficient (Wildman–Crippen LogP) is -1.40. The van der Waals surface area contributed by atoms with Crippen molar-refractivity contribution in [2.24, 2.45) is 5.73 Å². The molecule has 1 amide bonds. The van der Waals surface area contributed by atoms with Gasteiger partial charge in [-0.3, -0.25) is 9.59 Å². The van der Waals surface area contributed by atoms with Crippen molar-refractivity contribution in [3.05, 3.63) is 0 Å². The fourth-order valence-corrected chi connectivity index (χ4v) is 0.219. The molecular formula is C3H4ClNO3. The molecule has 0 bridgehead atoms. The third kappa shape index (κ3) is 1.90. The molecule has 5 heteroatoms. The number of carbonyl (C=O) groups excluding carboxylic acids is 2. The Kier molecular flexibility index (Phi) is 2.44. The highest BCUT2D eigenvalue weighted by molar-refractivity contribution is 6.66. The van der Waals surface area contributed by atoms with E-state index < -0.39 is 17.3 Å². The molecule has 0 aromatic heterocycles. The van der Waals surface area contributed by atoms with Crippen molar-refractivity contribution in [2.75, 3.05) is 0 Å². The van der Waals surface area contributed by atoms with Crippen LogP contribution in [0, 0.1) is 0 Å². The molecule has 8 heavy (non-hydrogen) atoms. The minimum atomic E-state index is -1.86. The molecule has 1 atom stereocenters. The maximum Gasteiger partial charge on any atom is 0.259 e. The summed E-state index contributed by atoms with van der Waals surface area (Å²) in [7, 11) is 0. The Morgan fingerprint density at radius 2 is 2.00 bits per heavy atom. The van der Waals surface area contributed by atoms with Crippen molar-refractivity contribution in [1.82, 2.24) is 0 Å². The van der Waals surface area contributed by atoms with Crippen LogP contribution in [-0.4, -0.2) is 22.4 Å². The zero-order valence-electron chi connectivity index (χ0n) is 3.80.